The van der Waals surface area contributed by atoms with E-state index in [2.05, 4.69) is 10.1 Å². The van der Waals surface area contributed by atoms with Gasteiger partial charge in [0.2, 0.25) is 5.91 Å². The maximum absolute atomic E-state index is 11.9. The molecule has 8 heteroatoms. The van der Waals surface area contributed by atoms with Crippen LogP contribution in [0.25, 0.3) is 0 Å². The summed E-state index contributed by atoms with van der Waals surface area (Å²) < 4.78 is 39.4. The highest BCUT2D eigenvalue weighted by Gasteiger charge is 2.30. The first kappa shape index (κ1) is 15.5. The topological polar surface area (TPSA) is 75.6 Å². The van der Waals surface area contributed by atoms with Crippen molar-refractivity contribution in [1.29, 1.82) is 0 Å². The summed E-state index contributed by atoms with van der Waals surface area (Å²) in [4.78, 5) is 21.3. The standard InChI is InChI=1S/C12H10F3NO4/c13-12(14,15)20-9-3-1-8(2-4-9)7-16-10(17)5-6-11(18)19/h1-6H,7H2,(H,16,17)(H,18,19)/b6-5+. The molecule has 0 aliphatic carbocycles. The Morgan fingerprint density at radius 2 is 1.80 bits per heavy atom. The highest BCUT2D eigenvalue weighted by molar-refractivity contribution is 5.93. The number of hydrogen-bond acceptors (Lipinski definition) is 3. The first-order chi connectivity index (χ1) is 9.26. The Bertz CT molecular complexity index is 508. The molecule has 0 heterocycles. The third kappa shape index (κ3) is 6.43. The van der Waals surface area contributed by atoms with Crippen LogP contribution in [0.15, 0.2) is 36.4 Å². The van der Waals surface area contributed by atoms with Crippen molar-refractivity contribution in [3.05, 3.63) is 42.0 Å². The number of nitrogens with one attached hydrogen (secondary N) is 1. The molecule has 1 amide bonds. The molecule has 0 saturated carbocycles. The number of carboxylic acid groups (broad SMARTS) is 1. The molecule has 5 nitrogen and oxygen atoms in total. The molecule has 0 bridgehead atoms. The predicted molar refractivity (Wildman–Crippen MR) is 61.7 cm³/mol. The van der Waals surface area contributed by atoms with Crippen LogP contribution in [0.2, 0.25) is 0 Å². The first-order valence-corrected chi connectivity index (χ1v) is 5.30. The smallest absolute Gasteiger partial charge is 0.478 e. The third-order valence-electron chi connectivity index (χ3n) is 2.00. The van der Waals surface area contributed by atoms with Gasteiger partial charge in [-0.1, -0.05) is 12.1 Å². The molecular formula is C12H10F3NO4. The van der Waals surface area contributed by atoms with Crippen LogP contribution in [0.4, 0.5) is 13.2 Å². The Kier molecular flexibility index (Phi) is 5.13. The Morgan fingerprint density at radius 3 is 2.30 bits per heavy atom. The van der Waals surface area contributed by atoms with Crippen LogP contribution in [0, 0.1) is 0 Å². The van der Waals surface area contributed by atoms with Crippen molar-refractivity contribution in [2.45, 2.75) is 12.9 Å². The van der Waals surface area contributed by atoms with Crippen molar-refractivity contribution in [2.24, 2.45) is 0 Å². The number of aliphatic carboxylic acids is 1. The molecule has 0 fully saturated rings. The minimum atomic E-state index is -4.75. The molecule has 1 aromatic carbocycles. The van der Waals surface area contributed by atoms with Crippen LogP contribution in [-0.4, -0.2) is 23.3 Å². The maximum Gasteiger partial charge on any atom is 0.573 e. The summed E-state index contributed by atoms with van der Waals surface area (Å²) in [5.74, 6) is -2.24. The quantitative estimate of drug-likeness (QED) is 0.811. The maximum atomic E-state index is 11.9. The molecular weight excluding hydrogens is 279 g/mol. The van der Waals surface area contributed by atoms with Crippen LogP contribution in [0.3, 0.4) is 0 Å². The van der Waals surface area contributed by atoms with Gasteiger partial charge in [-0.15, -0.1) is 13.2 Å². The third-order valence-corrected chi connectivity index (χ3v) is 2.00. The van der Waals surface area contributed by atoms with Crippen LogP contribution in [-0.2, 0) is 16.1 Å². The van der Waals surface area contributed by atoms with Crippen molar-refractivity contribution >= 4 is 11.9 Å². The second-order valence-electron chi connectivity index (χ2n) is 3.58. The first-order valence-electron chi connectivity index (χ1n) is 5.30. The number of halogens is 3. The fraction of sp³-hybridized carbons (Fsp3) is 0.167. The number of benzene rings is 1. The summed E-state index contributed by atoms with van der Waals surface area (Å²) in [7, 11) is 0. The van der Waals surface area contributed by atoms with Gasteiger partial charge in [-0.3, -0.25) is 4.79 Å². The molecule has 1 rings (SSSR count). The molecule has 0 atom stereocenters. The molecule has 0 spiro atoms. The fourth-order valence-corrected chi connectivity index (χ4v) is 1.20. The van der Waals surface area contributed by atoms with Gasteiger partial charge in [-0.2, -0.15) is 0 Å². The number of carboxylic acids is 1. The fourth-order valence-electron chi connectivity index (χ4n) is 1.20. The lowest BCUT2D eigenvalue weighted by Gasteiger charge is -2.09. The number of hydrogen-bond donors (Lipinski definition) is 2. The molecule has 0 aliphatic heterocycles. The summed E-state index contributed by atoms with van der Waals surface area (Å²) in [6.45, 7) is 0.0507. The Labute approximate surface area is 111 Å². The summed E-state index contributed by atoms with van der Waals surface area (Å²) in [6, 6.07) is 4.93. The van der Waals surface area contributed by atoms with Crippen LogP contribution >= 0.6 is 0 Å². The van der Waals surface area contributed by atoms with Crippen molar-refractivity contribution in [3.63, 3.8) is 0 Å². The minimum absolute atomic E-state index is 0.0507. The van der Waals surface area contributed by atoms with E-state index in [-0.39, 0.29) is 12.3 Å². The summed E-state index contributed by atoms with van der Waals surface area (Å²) in [5, 5.41) is 10.7. The SMILES string of the molecule is O=C(O)/C=C/C(=O)NCc1ccc(OC(F)(F)F)cc1. The van der Waals surface area contributed by atoms with Gasteiger partial charge in [0.05, 0.1) is 0 Å². The van der Waals surface area contributed by atoms with Crippen LogP contribution < -0.4 is 10.1 Å². The van der Waals surface area contributed by atoms with Crippen molar-refractivity contribution in [3.8, 4) is 5.75 Å². The van der Waals surface area contributed by atoms with Crippen molar-refractivity contribution in [1.82, 2.24) is 5.32 Å². The molecule has 108 valence electrons. The predicted octanol–water partition coefficient (Wildman–Crippen LogP) is 1.84. The molecule has 2 N–H and O–H groups in total. The minimum Gasteiger partial charge on any atom is -0.478 e. The molecule has 20 heavy (non-hydrogen) atoms. The number of ether oxygens (including phenoxy) is 1. The molecule has 0 radical (unpaired) electrons. The van der Waals surface area contributed by atoms with Gasteiger partial charge in [0, 0.05) is 18.7 Å². The summed E-state index contributed by atoms with van der Waals surface area (Å²) >= 11 is 0. The van der Waals surface area contributed by atoms with E-state index in [1.807, 2.05) is 0 Å². The van der Waals surface area contributed by atoms with Gasteiger partial charge in [0.25, 0.3) is 0 Å². The average molecular weight is 289 g/mol. The van der Waals surface area contributed by atoms with E-state index in [9.17, 15) is 22.8 Å². The number of carbonyl (C=O) groups excluding carboxylic acids is 1. The van der Waals surface area contributed by atoms with E-state index in [0.29, 0.717) is 11.6 Å². The lowest BCUT2D eigenvalue weighted by atomic mass is 10.2. The highest BCUT2D eigenvalue weighted by Crippen LogP contribution is 2.22. The number of rotatable bonds is 5. The van der Waals surface area contributed by atoms with E-state index in [1.54, 1.807) is 0 Å². The molecule has 0 saturated heterocycles. The number of alkyl halides is 3. The summed E-state index contributed by atoms with van der Waals surface area (Å²) in [6.07, 6.45) is -3.24. The Balaban J connectivity index is 2.50. The van der Waals surface area contributed by atoms with Gasteiger partial charge in [-0.25, -0.2) is 4.79 Å². The highest BCUT2D eigenvalue weighted by atomic mass is 19.4. The van der Waals surface area contributed by atoms with Gasteiger partial charge in [-0.05, 0) is 17.7 Å². The Morgan fingerprint density at radius 1 is 1.20 bits per heavy atom. The number of carbonyl (C=O) groups is 2. The molecule has 1 aromatic rings. The van der Waals surface area contributed by atoms with Crippen LogP contribution in [0.5, 0.6) is 5.75 Å². The normalized spacial score (nSPS) is 11.3. The lowest BCUT2D eigenvalue weighted by Crippen LogP contribution is -2.20. The molecule has 0 unspecified atom stereocenters. The van der Waals surface area contributed by atoms with E-state index >= 15 is 0 Å². The number of amides is 1. The second kappa shape index (κ2) is 6.60. The second-order valence-corrected chi connectivity index (χ2v) is 3.58. The lowest BCUT2D eigenvalue weighted by molar-refractivity contribution is -0.274. The van der Waals surface area contributed by atoms with Crippen molar-refractivity contribution < 1.29 is 32.6 Å². The van der Waals surface area contributed by atoms with E-state index < -0.39 is 18.2 Å². The van der Waals surface area contributed by atoms with Gasteiger partial charge >= 0.3 is 12.3 Å². The van der Waals surface area contributed by atoms with Crippen LogP contribution in [0.1, 0.15) is 5.56 Å². The van der Waals surface area contributed by atoms with Gasteiger partial charge in [0.15, 0.2) is 0 Å². The zero-order valence-electron chi connectivity index (χ0n) is 9.98. The van der Waals surface area contributed by atoms with Gasteiger partial charge < -0.3 is 15.2 Å². The van der Waals surface area contributed by atoms with E-state index in [1.165, 1.54) is 12.1 Å². The Hall–Kier alpha value is -2.51. The van der Waals surface area contributed by atoms with Gasteiger partial charge in [0.1, 0.15) is 5.75 Å². The van der Waals surface area contributed by atoms with E-state index in [4.69, 9.17) is 5.11 Å². The zero-order valence-corrected chi connectivity index (χ0v) is 9.98. The zero-order chi connectivity index (χ0) is 15.2. The van der Waals surface area contributed by atoms with E-state index in [0.717, 1.165) is 18.2 Å². The molecule has 0 aromatic heterocycles. The monoisotopic (exact) mass is 289 g/mol. The van der Waals surface area contributed by atoms with Crippen molar-refractivity contribution in [2.75, 3.05) is 0 Å². The largest absolute Gasteiger partial charge is 0.573 e. The summed E-state index contributed by atoms with van der Waals surface area (Å²) in [5.41, 5.74) is 0.539. The average Bonchev–Trinajstić information content (AvgIpc) is 2.33. The molecule has 0 aliphatic rings.